The summed E-state index contributed by atoms with van der Waals surface area (Å²) in [7, 11) is 1.23. The first kappa shape index (κ1) is 93.7. The predicted molar refractivity (Wildman–Crippen MR) is 432 cm³/mol. The van der Waals surface area contributed by atoms with Crippen molar-refractivity contribution in [1.82, 2.24) is 10.6 Å². The monoisotopic (exact) mass is 1790 g/mol. The average molecular weight is 1790 g/mol. The number of phenols is 4. The molecule has 3 aliphatic heterocycles. The minimum atomic E-state index is -2.57. The quantitative estimate of drug-likeness (QED) is 0.00843. The number of nitrogens with one attached hydrogen (secondary N) is 2. The van der Waals surface area contributed by atoms with E-state index in [0.29, 0.717) is 5.56 Å². The zero-order chi connectivity index (χ0) is 93.6. The van der Waals surface area contributed by atoms with Gasteiger partial charge in [0.25, 0.3) is 0 Å². The first-order valence-electron chi connectivity index (χ1n) is 40.7. The van der Waals surface area contributed by atoms with Gasteiger partial charge in [0, 0.05) is 116 Å². The minimum Gasteiger partial charge on any atom is -0.507 e. The van der Waals surface area contributed by atoms with Gasteiger partial charge in [-0.15, -0.1) is 12.3 Å². The molecule has 3 heterocycles. The Balaban J connectivity index is 0.750. The van der Waals surface area contributed by atoms with Gasteiger partial charge in [0.05, 0.1) is 89.2 Å². The molecule has 0 radical (unpaired) electrons. The van der Waals surface area contributed by atoms with Crippen molar-refractivity contribution in [3.05, 3.63) is 177 Å². The fourth-order valence-corrected chi connectivity index (χ4v) is 17.6. The number of nitrogens with zero attached hydrogens (tertiary/aromatic N) is 1. The van der Waals surface area contributed by atoms with Crippen LogP contribution in [0.1, 0.15) is 206 Å². The molecule has 4 aliphatic carbocycles. The average Bonchev–Trinajstić information content (AvgIpc) is 0.713. The van der Waals surface area contributed by atoms with E-state index in [4.69, 9.17) is 68.0 Å². The van der Waals surface area contributed by atoms with Crippen LogP contribution in [0.2, 0.25) is 0 Å². The van der Waals surface area contributed by atoms with E-state index < -0.39 is 331 Å². The van der Waals surface area contributed by atoms with Gasteiger partial charge in [0.15, 0.2) is 53.3 Å². The summed E-state index contributed by atoms with van der Waals surface area (Å²) in [6, 6.07) is 13.2. The predicted octanol–water partition coefficient (Wildman–Crippen LogP) is 4.48. The van der Waals surface area contributed by atoms with E-state index in [9.17, 15) is 119 Å². The van der Waals surface area contributed by atoms with Gasteiger partial charge in [-0.1, -0.05) is 55.5 Å². The van der Waals surface area contributed by atoms with Crippen LogP contribution >= 0.6 is 0 Å². The number of ketones is 6. The molecule has 6 aromatic carbocycles. The van der Waals surface area contributed by atoms with Gasteiger partial charge in [0.2, 0.25) is 12.1 Å². The minimum absolute atomic E-state index is 0.00790. The number of rotatable bonds is 27. The van der Waals surface area contributed by atoms with Crippen molar-refractivity contribution in [3.8, 4) is 46.8 Å². The van der Waals surface area contributed by atoms with Crippen LogP contribution in [0.3, 0.4) is 0 Å². The Morgan fingerprint density at radius 1 is 0.612 bits per heavy atom. The summed E-state index contributed by atoms with van der Waals surface area (Å²) in [6.45, 7) is 4.73. The second-order valence-corrected chi connectivity index (χ2v) is 32.4. The number of fused-ring (bicyclic) bond motifs is 6. The number of carbonyl (C=O) groups is 12. The molecule has 13 rings (SSSR count). The zero-order valence-corrected chi connectivity index (χ0v) is 70.4. The summed E-state index contributed by atoms with van der Waals surface area (Å²) in [5.74, 6) is -12.0. The third kappa shape index (κ3) is 18.6. The Morgan fingerprint density at radius 3 is 1.64 bits per heavy atom. The SMILES string of the molecule is C#CCC(OC(=O)Cc1ccc(COC(=O)N[C@@H]2C[C@H](O[C@H]3C[C@](O)(C(=O)CO)Cc4c(O)c5c(c(O)c43)C(=O)c3c(C)cccc3C5=O)OC(C)C2O)cc1COC(=O)NC1CC(O[C@H]2C[C@](O)(C(=O)CO)Cc3c(O)c4c(c(O)c32)C(=O)c2c(OC)cccc2C4=O)OC(C)C1O)c1ccc(O[C@@H]2OC(COC(C)=O)[C@H](OC(C)=O)[C@H](C)C2OC(C)=O)c([N+](=O)[O-])c1. The number of aryl methyl sites for hydroxylation is 1. The Hall–Kier alpha value is -12.9. The van der Waals surface area contributed by atoms with Crippen LogP contribution in [0.25, 0.3) is 0 Å². The van der Waals surface area contributed by atoms with E-state index in [1.54, 1.807) is 13.0 Å². The number of aromatic hydroxyl groups is 4. The molecule has 129 heavy (non-hydrogen) atoms. The van der Waals surface area contributed by atoms with Crippen LogP contribution in [-0.4, -0.2) is 239 Å². The number of alkyl carbamates (subject to hydrolysis) is 2. The van der Waals surface area contributed by atoms with Crippen molar-refractivity contribution < 1.29 is 175 Å². The van der Waals surface area contributed by atoms with E-state index in [2.05, 4.69) is 16.6 Å². The van der Waals surface area contributed by atoms with E-state index in [1.165, 1.54) is 82.5 Å². The summed E-state index contributed by atoms with van der Waals surface area (Å²) in [6.07, 6.45) is -20.9. The fourth-order valence-electron chi connectivity index (χ4n) is 17.6. The Morgan fingerprint density at radius 2 is 1.12 bits per heavy atom. The normalized spacial score (nSPS) is 26.2. The maximum absolute atomic E-state index is 14.4. The van der Waals surface area contributed by atoms with Gasteiger partial charge in [0.1, 0.15) is 104 Å². The number of ether oxygens (including phenoxy) is 13. The molecule has 0 bridgehead atoms. The van der Waals surface area contributed by atoms with Crippen molar-refractivity contribution in [2.45, 2.75) is 216 Å². The number of nitro benzene ring substituents is 1. The number of carbonyl (C=O) groups excluding carboxylic acids is 12. The van der Waals surface area contributed by atoms with E-state index in [1.807, 2.05) is 0 Å². The lowest BCUT2D eigenvalue weighted by atomic mass is 9.71. The number of amides is 2. The molecule has 12 N–H and O–H groups in total. The molecule has 18 atom stereocenters. The number of methoxy groups -OCH3 is 1. The molecule has 9 unspecified atom stereocenters. The van der Waals surface area contributed by atoms with Crippen LogP contribution in [0.15, 0.2) is 72.8 Å². The van der Waals surface area contributed by atoms with Gasteiger partial charge >= 0.3 is 41.8 Å². The highest BCUT2D eigenvalue weighted by Crippen LogP contribution is 2.55. The highest BCUT2D eigenvalue weighted by atomic mass is 16.7. The number of terminal acetylenes is 1. The first-order valence-corrected chi connectivity index (χ1v) is 40.7. The summed E-state index contributed by atoms with van der Waals surface area (Å²) < 4.78 is 75.7. The fraction of sp³-hybridized carbons (Fsp3) is 0.438. The van der Waals surface area contributed by atoms with E-state index >= 15 is 0 Å². The second kappa shape index (κ2) is 37.8. The number of phenolic OH excluding ortho intramolecular Hbond substituents is 4. The molecule has 7 aliphatic rings. The number of aliphatic hydroxyl groups is 6. The lowest BCUT2D eigenvalue weighted by Crippen LogP contribution is -2.58. The van der Waals surface area contributed by atoms with Crippen LogP contribution in [0.5, 0.6) is 34.5 Å². The smallest absolute Gasteiger partial charge is 0.407 e. The van der Waals surface area contributed by atoms with Gasteiger partial charge < -0.3 is 123 Å². The first-order chi connectivity index (χ1) is 61.1. The zero-order valence-electron chi connectivity index (χ0n) is 70.4. The highest BCUT2D eigenvalue weighted by molar-refractivity contribution is 6.32. The van der Waals surface area contributed by atoms with Crippen molar-refractivity contribution in [3.63, 3.8) is 0 Å². The van der Waals surface area contributed by atoms with Crippen LogP contribution in [-0.2, 0) is 113 Å². The maximum Gasteiger partial charge on any atom is 0.407 e. The maximum atomic E-state index is 14.4. The topological polar surface area (TPSA) is 594 Å². The standard InChI is InChI=1S/C89H91N3O37/c1-10-13-54(45-20-21-55(53(23-45)92(115)116)128-85-84(124-42(8)97)37(3)83(123-41(7)96)59(129-85)35-118-40(6)95)125-62(100)24-44-19-18-43(33-119-86(111)90-51-25-63(121-38(4)73(51)101)126-57-29-88(113,60(98)31-93)27-49-67(57)81(109)71-69(77(49)105)75(103)47-15-11-14-36(2)65(47)79(71)107)22-46(44)34-120-87(112)91-52-26-64(122-39(5)74(52)102)127-58-30-89(114,61(99)32-94)28-50-68(58)82(110)72-70(78(50)106)76(104)48-16-12-17-56(117-9)66(48)80(72)108/h1,11-12,14-23,37-39,51-52,54,57-59,63-64,73-74,83-85,93-94,101-102,105-106,109-110,113-114H,13,24-35H2,2-9H3,(H,90,111)(H,91,112)/t37-,38?,39?,51+,52?,54?,57-,58-,59?,63-,64?,73?,74?,83+,84?,85+,88-,89-/m0/s1. The Labute approximate surface area is 732 Å². The van der Waals surface area contributed by atoms with Crippen molar-refractivity contribution in [1.29, 1.82) is 0 Å². The van der Waals surface area contributed by atoms with E-state index in [0.717, 1.165) is 32.9 Å². The molecule has 0 aromatic heterocycles. The summed E-state index contributed by atoms with van der Waals surface area (Å²) in [5.41, 5.74) is -10.0. The van der Waals surface area contributed by atoms with Gasteiger partial charge in [-0.25, -0.2) is 9.59 Å². The number of benzene rings is 6. The van der Waals surface area contributed by atoms with Crippen LogP contribution in [0, 0.1) is 35.3 Å². The van der Waals surface area contributed by atoms with Gasteiger partial charge in [-0.05, 0) is 61.2 Å². The Bertz CT molecular complexity index is 5640. The molecule has 0 saturated carbocycles. The molecule has 0 spiro atoms. The summed E-state index contributed by atoms with van der Waals surface area (Å²) >= 11 is 0. The Kier molecular flexibility index (Phi) is 27.5. The summed E-state index contributed by atoms with van der Waals surface area (Å²) in [4.78, 5) is 175. The van der Waals surface area contributed by atoms with Crippen molar-refractivity contribution in [2.75, 3.05) is 26.9 Å². The largest absolute Gasteiger partial charge is 0.507 e. The molecular weight excluding hydrogens is 1700 g/mol. The number of esters is 4. The van der Waals surface area contributed by atoms with Crippen LogP contribution < -0.4 is 20.1 Å². The van der Waals surface area contributed by atoms with Gasteiger partial charge in [-0.2, -0.15) is 0 Å². The third-order valence-electron chi connectivity index (χ3n) is 23.9. The molecule has 3 fully saturated rings. The van der Waals surface area contributed by atoms with Gasteiger partial charge in [-0.3, -0.25) is 58.1 Å². The van der Waals surface area contributed by atoms with Crippen molar-refractivity contribution in [2.24, 2.45) is 5.92 Å². The number of nitro groups is 1. The van der Waals surface area contributed by atoms with E-state index in [-0.39, 0.29) is 66.9 Å². The lowest BCUT2D eigenvalue weighted by Gasteiger charge is -2.43. The lowest BCUT2D eigenvalue weighted by molar-refractivity contribution is -0.387. The summed E-state index contributed by atoms with van der Waals surface area (Å²) in [5, 5.41) is 133. The van der Waals surface area contributed by atoms with Crippen LogP contribution in [0.4, 0.5) is 15.3 Å². The number of hydrogen-bond donors (Lipinski definition) is 12. The molecule has 3 saturated heterocycles. The molecule has 2 amide bonds. The number of aliphatic hydroxyl groups excluding tert-OH is 4. The second-order valence-electron chi connectivity index (χ2n) is 32.4. The van der Waals surface area contributed by atoms with Crippen molar-refractivity contribution >= 4 is 76.5 Å². The highest BCUT2D eigenvalue weighted by Gasteiger charge is 2.55. The number of Topliss-reactive ketones (excluding diaryl/α,β-unsaturated/α-hetero) is 2. The molecular formula is C89H91N3O37. The molecule has 684 valence electrons. The molecule has 40 heteroatoms. The third-order valence-corrected chi connectivity index (χ3v) is 23.9. The number of hydrogen-bond acceptors (Lipinski definition) is 37. The molecule has 40 nitrogen and oxygen atoms in total. The molecule has 6 aromatic rings.